The summed E-state index contributed by atoms with van der Waals surface area (Å²) in [6.45, 7) is 0.606. The third-order valence-corrected chi connectivity index (χ3v) is 2.17. The molecule has 1 rings (SSSR count). The SMILES string of the molecule is O=C(O)CNCc1cccc(I)c1. The molecule has 0 saturated carbocycles. The third-order valence-electron chi connectivity index (χ3n) is 1.49. The summed E-state index contributed by atoms with van der Waals surface area (Å²) in [4.78, 5) is 10.2. The Balaban J connectivity index is 2.41. The number of hydrogen-bond donors (Lipinski definition) is 2. The first kappa shape index (κ1) is 10.5. The van der Waals surface area contributed by atoms with E-state index < -0.39 is 5.97 Å². The molecule has 2 N–H and O–H groups in total. The summed E-state index contributed by atoms with van der Waals surface area (Å²) in [6.07, 6.45) is 0. The number of carboxylic acid groups (broad SMARTS) is 1. The highest BCUT2D eigenvalue weighted by molar-refractivity contribution is 14.1. The largest absolute Gasteiger partial charge is 0.480 e. The van der Waals surface area contributed by atoms with Crippen molar-refractivity contribution >= 4 is 28.6 Å². The molecule has 4 heteroatoms. The molecule has 0 aliphatic carbocycles. The predicted octanol–water partition coefficient (Wildman–Crippen LogP) is 1.47. The van der Waals surface area contributed by atoms with Crippen molar-refractivity contribution in [2.45, 2.75) is 6.54 Å². The Bertz CT molecular complexity index is 301. The van der Waals surface area contributed by atoms with Gasteiger partial charge < -0.3 is 10.4 Å². The fraction of sp³-hybridized carbons (Fsp3) is 0.222. The van der Waals surface area contributed by atoms with E-state index in [-0.39, 0.29) is 6.54 Å². The van der Waals surface area contributed by atoms with Gasteiger partial charge in [-0.15, -0.1) is 0 Å². The number of aliphatic carboxylic acids is 1. The molecule has 0 bridgehead atoms. The zero-order chi connectivity index (χ0) is 9.68. The number of carbonyl (C=O) groups is 1. The Hall–Kier alpha value is -0.620. The van der Waals surface area contributed by atoms with Crippen molar-refractivity contribution in [2.75, 3.05) is 6.54 Å². The molecule has 1 aromatic rings. The minimum absolute atomic E-state index is 0.00543. The predicted molar refractivity (Wildman–Crippen MR) is 58.5 cm³/mol. The van der Waals surface area contributed by atoms with Gasteiger partial charge in [0, 0.05) is 10.1 Å². The lowest BCUT2D eigenvalue weighted by molar-refractivity contribution is -0.135. The van der Waals surface area contributed by atoms with Crippen LogP contribution >= 0.6 is 22.6 Å². The van der Waals surface area contributed by atoms with Crippen LogP contribution < -0.4 is 5.32 Å². The van der Waals surface area contributed by atoms with Gasteiger partial charge in [0.15, 0.2) is 0 Å². The Morgan fingerprint density at radius 2 is 2.31 bits per heavy atom. The molecule has 0 radical (unpaired) electrons. The Kier molecular flexibility index (Phi) is 4.17. The van der Waals surface area contributed by atoms with Crippen LogP contribution in [-0.2, 0) is 11.3 Å². The molecule has 0 saturated heterocycles. The highest BCUT2D eigenvalue weighted by atomic mass is 127. The fourth-order valence-corrected chi connectivity index (χ4v) is 1.57. The van der Waals surface area contributed by atoms with Crippen molar-refractivity contribution in [3.8, 4) is 0 Å². The van der Waals surface area contributed by atoms with Crippen LogP contribution in [0, 0.1) is 3.57 Å². The number of halogens is 1. The normalized spacial score (nSPS) is 9.92. The monoisotopic (exact) mass is 291 g/mol. The molecule has 13 heavy (non-hydrogen) atoms. The molecule has 0 aliphatic rings. The van der Waals surface area contributed by atoms with E-state index in [0.29, 0.717) is 6.54 Å². The second-order valence-corrected chi connectivity index (χ2v) is 3.87. The second kappa shape index (κ2) is 5.18. The van der Waals surface area contributed by atoms with E-state index in [0.717, 1.165) is 9.13 Å². The van der Waals surface area contributed by atoms with Crippen LogP contribution in [0.25, 0.3) is 0 Å². The highest BCUT2D eigenvalue weighted by Crippen LogP contribution is 2.06. The first-order chi connectivity index (χ1) is 6.18. The van der Waals surface area contributed by atoms with Crippen molar-refractivity contribution < 1.29 is 9.90 Å². The molecule has 3 nitrogen and oxygen atoms in total. The van der Waals surface area contributed by atoms with Crippen molar-refractivity contribution in [2.24, 2.45) is 0 Å². The second-order valence-electron chi connectivity index (χ2n) is 2.63. The van der Waals surface area contributed by atoms with Gasteiger partial charge in [0.1, 0.15) is 0 Å². The van der Waals surface area contributed by atoms with E-state index >= 15 is 0 Å². The summed E-state index contributed by atoms with van der Waals surface area (Å²) < 4.78 is 1.16. The highest BCUT2D eigenvalue weighted by Gasteiger charge is 1.96. The van der Waals surface area contributed by atoms with Crippen LogP contribution in [0.5, 0.6) is 0 Å². The molecule has 0 fully saturated rings. The van der Waals surface area contributed by atoms with E-state index in [1.807, 2.05) is 24.3 Å². The average molecular weight is 291 g/mol. The summed E-state index contributed by atoms with van der Waals surface area (Å²) in [6, 6.07) is 7.95. The van der Waals surface area contributed by atoms with Gasteiger partial charge in [-0.2, -0.15) is 0 Å². The summed E-state index contributed by atoms with van der Waals surface area (Å²) >= 11 is 2.23. The van der Waals surface area contributed by atoms with Gasteiger partial charge in [0.25, 0.3) is 0 Å². The number of carboxylic acids is 1. The standard InChI is InChI=1S/C9H10INO2/c10-8-3-1-2-7(4-8)5-11-6-9(12)13/h1-4,11H,5-6H2,(H,12,13). The first-order valence-electron chi connectivity index (χ1n) is 3.85. The van der Waals surface area contributed by atoms with Gasteiger partial charge in [-0.3, -0.25) is 4.79 Å². The van der Waals surface area contributed by atoms with Crippen LogP contribution in [0.3, 0.4) is 0 Å². The van der Waals surface area contributed by atoms with E-state index in [9.17, 15) is 4.79 Å². The van der Waals surface area contributed by atoms with Crippen molar-refractivity contribution in [1.82, 2.24) is 5.32 Å². The Morgan fingerprint density at radius 3 is 2.92 bits per heavy atom. The fourth-order valence-electron chi connectivity index (χ4n) is 0.961. The molecular formula is C9H10INO2. The molecule has 0 aromatic heterocycles. The van der Waals surface area contributed by atoms with Gasteiger partial charge in [-0.25, -0.2) is 0 Å². The van der Waals surface area contributed by atoms with Gasteiger partial charge in [-0.1, -0.05) is 12.1 Å². The lowest BCUT2D eigenvalue weighted by Gasteiger charge is -2.01. The minimum Gasteiger partial charge on any atom is -0.480 e. The Labute approximate surface area is 90.3 Å². The van der Waals surface area contributed by atoms with E-state index in [4.69, 9.17) is 5.11 Å². The number of nitrogens with one attached hydrogen (secondary N) is 1. The van der Waals surface area contributed by atoms with Gasteiger partial charge in [-0.05, 0) is 40.3 Å². The molecule has 0 aliphatic heterocycles. The lowest BCUT2D eigenvalue weighted by atomic mass is 10.2. The van der Waals surface area contributed by atoms with Gasteiger partial charge >= 0.3 is 5.97 Å². The molecule has 0 heterocycles. The summed E-state index contributed by atoms with van der Waals surface area (Å²) in [5.41, 5.74) is 1.10. The molecule has 0 unspecified atom stereocenters. The van der Waals surface area contributed by atoms with E-state index in [1.165, 1.54) is 0 Å². The van der Waals surface area contributed by atoms with E-state index in [2.05, 4.69) is 27.9 Å². The lowest BCUT2D eigenvalue weighted by Crippen LogP contribution is -2.21. The van der Waals surface area contributed by atoms with Crippen LogP contribution in [0.1, 0.15) is 5.56 Å². The van der Waals surface area contributed by atoms with Crippen LogP contribution in [0.4, 0.5) is 0 Å². The zero-order valence-electron chi connectivity index (χ0n) is 6.96. The number of hydrogen-bond acceptors (Lipinski definition) is 2. The molecule has 0 amide bonds. The first-order valence-corrected chi connectivity index (χ1v) is 4.93. The van der Waals surface area contributed by atoms with Crippen LogP contribution in [0.15, 0.2) is 24.3 Å². The number of rotatable bonds is 4. The van der Waals surface area contributed by atoms with Crippen LogP contribution in [-0.4, -0.2) is 17.6 Å². The van der Waals surface area contributed by atoms with Gasteiger partial charge in [0.05, 0.1) is 6.54 Å². The number of benzene rings is 1. The molecule has 1 aromatic carbocycles. The zero-order valence-corrected chi connectivity index (χ0v) is 9.11. The molecule has 0 spiro atoms. The Morgan fingerprint density at radius 1 is 1.54 bits per heavy atom. The van der Waals surface area contributed by atoms with Crippen LogP contribution in [0.2, 0.25) is 0 Å². The topological polar surface area (TPSA) is 49.3 Å². The maximum Gasteiger partial charge on any atom is 0.317 e. The molecule has 70 valence electrons. The van der Waals surface area contributed by atoms with Crippen molar-refractivity contribution in [3.05, 3.63) is 33.4 Å². The van der Waals surface area contributed by atoms with E-state index in [1.54, 1.807) is 0 Å². The maximum atomic E-state index is 10.2. The smallest absolute Gasteiger partial charge is 0.317 e. The third kappa shape index (κ3) is 4.23. The summed E-state index contributed by atoms with van der Waals surface area (Å²) in [5.74, 6) is -0.828. The maximum absolute atomic E-state index is 10.2. The summed E-state index contributed by atoms with van der Waals surface area (Å²) in [7, 11) is 0. The summed E-state index contributed by atoms with van der Waals surface area (Å²) in [5, 5.41) is 11.2. The average Bonchev–Trinajstić information content (AvgIpc) is 2.03. The molecule has 0 atom stereocenters. The molecular weight excluding hydrogens is 281 g/mol. The minimum atomic E-state index is -0.828. The quantitative estimate of drug-likeness (QED) is 0.826. The van der Waals surface area contributed by atoms with Crippen molar-refractivity contribution in [1.29, 1.82) is 0 Å². The van der Waals surface area contributed by atoms with Gasteiger partial charge in [0.2, 0.25) is 0 Å². The van der Waals surface area contributed by atoms with Crippen molar-refractivity contribution in [3.63, 3.8) is 0 Å².